The minimum Gasteiger partial charge on any atom is -0.152 e. The third-order valence-electron chi connectivity index (χ3n) is 3.26. The normalized spacial score (nSPS) is 11.7. The second-order valence-corrected chi connectivity index (χ2v) is 6.04. The Morgan fingerprint density at radius 3 is 2.50 bits per heavy atom. The smallest absolute Gasteiger partial charge is 0.0335 e. The fraction of sp³-hybridized carbons (Fsp3) is 0.333. The molecule has 96 valence electrons. The summed E-state index contributed by atoms with van der Waals surface area (Å²) in [6, 6.07) is 10.6. The van der Waals surface area contributed by atoms with Crippen molar-refractivity contribution in [2.45, 2.75) is 18.8 Å². The van der Waals surface area contributed by atoms with Crippen LogP contribution >= 0.6 is 34.5 Å². The van der Waals surface area contributed by atoms with E-state index in [0.717, 1.165) is 6.42 Å². The first-order chi connectivity index (χ1) is 8.70. The van der Waals surface area contributed by atoms with Gasteiger partial charge in [0.25, 0.3) is 0 Å². The summed E-state index contributed by atoms with van der Waals surface area (Å²) in [5, 5.41) is 4.27. The summed E-state index contributed by atoms with van der Waals surface area (Å²) in [6.45, 7) is 2.10. The highest BCUT2D eigenvalue weighted by atomic mass is 35.5. The topological polar surface area (TPSA) is 0 Å². The predicted octanol–water partition coefficient (Wildman–Crippen LogP) is 5.01. The summed E-state index contributed by atoms with van der Waals surface area (Å²) >= 11 is 14.2. The van der Waals surface area contributed by atoms with Crippen LogP contribution in [0.3, 0.4) is 0 Å². The van der Waals surface area contributed by atoms with Crippen molar-refractivity contribution in [3.63, 3.8) is 0 Å². The Hall–Kier alpha value is -0.500. The van der Waals surface area contributed by atoms with E-state index < -0.39 is 0 Å². The summed E-state index contributed by atoms with van der Waals surface area (Å²) in [5.41, 5.74) is 3.62. The van der Waals surface area contributed by atoms with Crippen LogP contribution in [0.2, 0.25) is 0 Å². The van der Waals surface area contributed by atoms with Gasteiger partial charge in [-0.25, -0.2) is 0 Å². The molecule has 0 bridgehead atoms. The number of hydrogen-bond donors (Lipinski definition) is 0. The highest BCUT2D eigenvalue weighted by Gasteiger charge is 2.31. The molecule has 0 saturated carbocycles. The maximum atomic E-state index is 6.25. The van der Waals surface area contributed by atoms with E-state index in [1.807, 2.05) is 0 Å². The van der Waals surface area contributed by atoms with Crippen LogP contribution in [-0.2, 0) is 11.8 Å². The Balaban J connectivity index is 2.37. The quantitative estimate of drug-likeness (QED) is 0.680. The molecule has 0 aliphatic rings. The number of thiophene rings is 1. The monoisotopic (exact) mass is 298 g/mol. The molecule has 0 N–H and O–H groups in total. The summed E-state index contributed by atoms with van der Waals surface area (Å²) in [5.74, 6) is 1.08. The molecule has 1 aromatic carbocycles. The summed E-state index contributed by atoms with van der Waals surface area (Å²) in [4.78, 5) is 0. The van der Waals surface area contributed by atoms with E-state index in [9.17, 15) is 0 Å². The molecule has 0 saturated heterocycles. The molecule has 18 heavy (non-hydrogen) atoms. The lowest BCUT2D eigenvalue weighted by Gasteiger charge is -2.30. The van der Waals surface area contributed by atoms with Gasteiger partial charge in [0, 0.05) is 17.2 Å². The van der Waals surface area contributed by atoms with E-state index >= 15 is 0 Å². The van der Waals surface area contributed by atoms with Gasteiger partial charge in [0.05, 0.1) is 0 Å². The molecule has 1 aromatic heterocycles. The number of benzene rings is 1. The minimum atomic E-state index is -0.170. The van der Waals surface area contributed by atoms with Crippen molar-refractivity contribution in [3.05, 3.63) is 57.8 Å². The molecule has 0 radical (unpaired) electrons. The van der Waals surface area contributed by atoms with E-state index in [-0.39, 0.29) is 5.41 Å². The van der Waals surface area contributed by atoms with E-state index in [1.54, 1.807) is 11.3 Å². The highest BCUT2D eigenvalue weighted by Crippen LogP contribution is 2.32. The Bertz CT molecular complexity index is 487. The summed E-state index contributed by atoms with van der Waals surface area (Å²) < 4.78 is 0. The number of alkyl halides is 2. The molecule has 0 atom stereocenters. The molecule has 0 amide bonds. The number of halogens is 2. The predicted molar refractivity (Wildman–Crippen MR) is 82.3 cm³/mol. The van der Waals surface area contributed by atoms with E-state index in [4.69, 9.17) is 23.2 Å². The van der Waals surface area contributed by atoms with E-state index in [2.05, 4.69) is 48.0 Å². The Kier molecular flexibility index (Phi) is 4.71. The van der Waals surface area contributed by atoms with Crippen LogP contribution in [-0.4, -0.2) is 11.8 Å². The SMILES string of the molecule is Cc1cccc(C(CCl)(CCl)Cc2ccsc2)c1. The Morgan fingerprint density at radius 2 is 1.94 bits per heavy atom. The third-order valence-corrected chi connectivity index (χ3v) is 5.02. The summed E-state index contributed by atoms with van der Waals surface area (Å²) in [6.07, 6.45) is 0.896. The molecule has 1 heterocycles. The lowest BCUT2D eigenvalue weighted by Crippen LogP contribution is -2.33. The highest BCUT2D eigenvalue weighted by molar-refractivity contribution is 7.07. The second kappa shape index (κ2) is 6.10. The maximum Gasteiger partial charge on any atom is 0.0335 e. The third kappa shape index (κ3) is 2.90. The molecular formula is C15H16Cl2S. The van der Waals surface area contributed by atoms with Gasteiger partial charge in [-0.15, -0.1) is 23.2 Å². The van der Waals surface area contributed by atoms with Gasteiger partial charge < -0.3 is 0 Å². The van der Waals surface area contributed by atoms with Crippen molar-refractivity contribution in [2.75, 3.05) is 11.8 Å². The zero-order valence-corrected chi connectivity index (χ0v) is 12.7. The largest absolute Gasteiger partial charge is 0.152 e. The van der Waals surface area contributed by atoms with Gasteiger partial charge in [-0.2, -0.15) is 11.3 Å². The van der Waals surface area contributed by atoms with Crippen LogP contribution in [0.1, 0.15) is 16.7 Å². The van der Waals surface area contributed by atoms with E-state index in [0.29, 0.717) is 11.8 Å². The van der Waals surface area contributed by atoms with Gasteiger partial charge in [-0.05, 0) is 41.3 Å². The van der Waals surface area contributed by atoms with Gasteiger partial charge in [-0.3, -0.25) is 0 Å². The molecule has 0 aliphatic heterocycles. The minimum absolute atomic E-state index is 0.170. The first kappa shape index (κ1) is 13.9. The van der Waals surface area contributed by atoms with Crippen molar-refractivity contribution in [1.29, 1.82) is 0 Å². The molecular weight excluding hydrogens is 283 g/mol. The van der Waals surface area contributed by atoms with Gasteiger partial charge in [0.15, 0.2) is 0 Å². The van der Waals surface area contributed by atoms with Crippen LogP contribution in [0.15, 0.2) is 41.1 Å². The van der Waals surface area contributed by atoms with Crippen molar-refractivity contribution in [3.8, 4) is 0 Å². The molecule has 0 nitrogen and oxygen atoms in total. The average molecular weight is 299 g/mol. The van der Waals surface area contributed by atoms with Crippen molar-refractivity contribution < 1.29 is 0 Å². The molecule has 3 heteroatoms. The molecule has 0 unspecified atom stereocenters. The summed E-state index contributed by atoms with van der Waals surface area (Å²) in [7, 11) is 0. The van der Waals surface area contributed by atoms with Crippen molar-refractivity contribution in [2.24, 2.45) is 0 Å². The lowest BCUT2D eigenvalue weighted by molar-refractivity contribution is 0.537. The van der Waals surface area contributed by atoms with Crippen molar-refractivity contribution >= 4 is 34.5 Å². The lowest BCUT2D eigenvalue weighted by atomic mass is 9.79. The second-order valence-electron chi connectivity index (χ2n) is 4.73. The van der Waals surface area contributed by atoms with Crippen LogP contribution in [0.25, 0.3) is 0 Å². The zero-order valence-electron chi connectivity index (χ0n) is 10.3. The average Bonchev–Trinajstić information content (AvgIpc) is 2.89. The fourth-order valence-electron chi connectivity index (χ4n) is 2.15. The van der Waals surface area contributed by atoms with Crippen LogP contribution in [0, 0.1) is 6.92 Å². The van der Waals surface area contributed by atoms with Crippen LogP contribution < -0.4 is 0 Å². The van der Waals surface area contributed by atoms with Crippen LogP contribution in [0.4, 0.5) is 0 Å². The van der Waals surface area contributed by atoms with E-state index in [1.165, 1.54) is 16.7 Å². The standard InChI is InChI=1S/C15H16Cl2S/c1-12-3-2-4-14(7-12)15(10-16,11-17)8-13-5-6-18-9-13/h2-7,9H,8,10-11H2,1H3. The first-order valence-corrected chi connectivity index (χ1v) is 7.91. The molecule has 0 spiro atoms. The number of aryl methyl sites for hydroxylation is 1. The zero-order chi connectivity index (χ0) is 13.0. The van der Waals surface area contributed by atoms with Gasteiger partial charge in [-0.1, -0.05) is 29.8 Å². The number of rotatable bonds is 5. The maximum absolute atomic E-state index is 6.25. The van der Waals surface area contributed by atoms with Crippen LogP contribution in [0.5, 0.6) is 0 Å². The van der Waals surface area contributed by atoms with Gasteiger partial charge >= 0.3 is 0 Å². The Labute approximate surface area is 123 Å². The first-order valence-electron chi connectivity index (χ1n) is 5.90. The van der Waals surface area contributed by atoms with Gasteiger partial charge in [0.1, 0.15) is 0 Å². The molecule has 0 fully saturated rings. The van der Waals surface area contributed by atoms with Crippen molar-refractivity contribution in [1.82, 2.24) is 0 Å². The van der Waals surface area contributed by atoms with Gasteiger partial charge in [0.2, 0.25) is 0 Å². The fourth-order valence-corrected chi connectivity index (χ4v) is 3.60. The Morgan fingerprint density at radius 1 is 1.17 bits per heavy atom. The molecule has 2 rings (SSSR count). The molecule has 0 aliphatic carbocycles. The number of hydrogen-bond acceptors (Lipinski definition) is 1. The molecule has 2 aromatic rings.